The predicted octanol–water partition coefficient (Wildman–Crippen LogP) is 7.08. The molecule has 4 heteroatoms. The Morgan fingerprint density at radius 2 is 1.83 bits per heavy atom. The highest BCUT2D eigenvalue weighted by Crippen LogP contribution is 2.38. The van der Waals surface area contributed by atoms with Crippen molar-refractivity contribution in [1.29, 1.82) is 0 Å². The van der Waals surface area contributed by atoms with Gasteiger partial charge in [0.05, 0.1) is 12.2 Å². The van der Waals surface area contributed by atoms with Gasteiger partial charge >= 0.3 is 0 Å². The first-order chi connectivity index (χ1) is 14.5. The second-order valence-corrected chi connectivity index (χ2v) is 7.86. The number of allylic oxidation sites excluding steroid dienone is 1. The molecule has 30 heavy (non-hydrogen) atoms. The molecule has 0 atom stereocenters. The Balaban J connectivity index is 1.60. The number of benzene rings is 2. The van der Waals surface area contributed by atoms with E-state index in [2.05, 4.69) is 18.4 Å². The molecule has 0 radical (unpaired) electrons. The number of unbranched alkanes of at least 4 members (excludes halogenated alkanes) is 1. The number of aryl methyl sites for hydroxylation is 1. The molecule has 0 unspecified atom stereocenters. The molecule has 0 aliphatic heterocycles. The largest absolute Gasteiger partial charge is 0.490 e. The second kappa shape index (κ2) is 10.4. The molecule has 0 heterocycles. The molecular weight excluding hydrogens is 385 g/mol. The lowest BCUT2D eigenvalue weighted by atomic mass is 9.78. The molecule has 3 rings (SSSR count). The zero-order chi connectivity index (χ0) is 21.5. The van der Waals surface area contributed by atoms with Gasteiger partial charge < -0.3 is 4.74 Å². The van der Waals surface area contributed by atoms with Crippen molar-refractivity contribution in [3.8, 4) is 17.6 Å². The summed E-state index contributed by atoms with van der Waals surface area (Å²) in [7, 11) is 0. The van der Waals surface area contributed by atoms with Crippen LogP contribution in [0.3, 0.4) is 0 Å². The molecule has 0 aromatic heterocycles. The van der Waals surface area contributed by atoms with E-state index in [1.807, 2.05) is 13.0 Å². The second-order valence-electron chi connectivity index (χ2n) is 7.86. The Labute approximate surface area is 177 Å². The van der Waals surface area contributed by atoms with Crippen LogP contribution in [0.25, 0.3) is 0 Å². The van der Waals surface area contributed by atoms with Crippen molar-refractivity contribution in [1.82, 2.24) is 0 Å². The Kier molecular flexibility index (Phi) is 7.63. The van der Waals surface area contributed by atoms with E-state index >= 15 is 0 Å². The van der Waals surface area contributed by atoms with Crippen LogP contribution in [0.4, 0.5) is 13.2 Å². The monoisotopic (exact) mass is 412 g/mol. The molecule has 1 aliphatic carbocycles. The van der Waals surface area contributed by atoms with Crippen LogP contribution in [-0.4, -0.2) is 6.61 Å². The third kappa shape index (κ3) is 5.48. The fraction of sp³-hybridized carbons (Fsp3) is 0.385. The van der Waals surface area contributed by atoms with Crippen molar-refractivity contribution in [3.05, 3.63) is 77.1 Å². The van der Waals surface area contributed by atoms with E-state index in [4.69, 9.17) is 4.74 Å². The standard InChI is InChI=1S/C26H27F3O/c1-3-4-5-16-30-24-15-14-22(25(28)26(24)29)20-11-7-19(8-12-20)9-13-21-10-6-18(2)17-23(21)27/h3,6,10,14-15,17,19-20H,1,4-5,7-8,11-12,16H2,2H3. The average Bonchev–Trinajstić information content (AvgIpc) is 2.74. The zero-order valence-corrected chi connectivity index (χ0v) is 17.3. The van der Waals surface area contributed by atoms with E-state index < -0.39 is 11.6 Å². The molecule has 1 saturated carbocycles. The summed E-state index contributed by atoms with van der Waals surface area (Å²) in [5.74, 6) is 4.12. The number of hydrogen-bond acceptors (Lipinski definition) is 1. The average molecular weight is 412 g/mol. The zero-order valence-electron chi connectivity index (χ0n) is 17.3. The van der Waals surface area contributed by atoms with Crippen molar-refractivity contribution < 1.29 is 17.9 Å². The van der Waals surface area contributed by atoms with E-state index in [0.717, 1.165) is 37.7 Å². The van der Waals surface area contributed by atoms with Gasteiger partial charge in [-0.3, -0.25) is 0 Å². The summed E-state index contributed by atoms with van der Waals surface area (Å²) in [6.45, 7) is 5.79. The molecule has 0 saturated heterocycles. The van der Waals surface area contributed by atoms with Crippen LogP contribution in [0.2, 0.25) is 0 Å². The molecule has 0 bridgehead atoms. The lowest BCUT2D eigenvalue weighted by Crippen LogP contribution is -2.14. The Hall–Kier alpha value is -2.67. The van der Waals surface area contributed by atoms with Gasteiger partial charge in [-0.2, -0.15) is 4.39 Å². The third-order valence-corrected chi connectivity index (χ3v) is 5.59. The highest BCUT2D eigenvalue weighted by molar-refractivity contribution is 5.38. The first kappa shape index (κ1) is 22.0. The molecule has 1 aliphatic rings. The van der Waals surface area contributed by atoms with Gasteiger partial charge in [0.1, 0.15) is 5.82 Å². The van der Waals surface area contributed by atoms with E-state index in [9.17, 15) is 13.2 Å². The minimum atomic E-state index is -0.914. The smallest absolute Gasteiger partial charge is 0.200 e. The maximum absolute atomic E-state index is 14.6. The van der Waals surface area contributed by atoms with Gasteiger partial charge in [-0.15, -0.1) is 6.58 Å². The molecule has 0 spiro atoms. The lowest BCUT2D eigenvalue weighted by molar-refractivity contribution is 0.288. The third-order valence-electron chi connectivity index (χ3n) is 5.59. The first-order valence-electron chi connectivity index (χ1n) is 10.5. The Bertz CT molecular complexity index is 947. The van der Waals surface area contributed by atoms with Gasteiger partial charge in [-0.05, 0) is 80.7 Å². The van der Waals surface area contributed by atoms with Crippen LogP contribution in [0.5, 0.6) is 5.75 Å². The molecule has 158 valence electrons. The van der Waals surface area contributed by atoms with E-state index in [0.29, 0.717) is 24.2 Å². The summed E-state index contributed by atoms with van der Waals surface area (Å²) in [5, 5.41) is 0. The molecular formula is C26H27F3O. The maximum atomic E-state index is 14.6. The molecule has 0 N–H and O–H groups in total. The van der Waals surface area contributed by atoms with Crippen molar-refractivity contribution in [2.75, 3.05) is 6.61 Å². The van der Waals surface area contributed by atoms with Gasteiger partial charge in [-0.25, -0.2) is 8.78 Å². The molecule has 1 fully saturated rings. The van der Waals surface area contributed by atoms with Crippen molar-refractivity contribution in [2.24, 2.45) is 5.92 Å². The summed E-state index contributed by atoms with van der Waals surface area (Å²) in [6.07, 6.45) is 6.27. The number of rotatable bonds is 6. The normalized spacial score (nSPS) is 18.4. The number of ether oxygens (including phenoxy) is 1. The molecule has 0 amide bonds. The Morgan fingerprint density at radius 1 is 1.07 bits per heavy atom. The van der Waals surface area contributed by atoms with Gasteiger partial charge in [0, 0.05) is 5.92 Å². The minimum Gasteiger partial charge on any atom is -0.490 e. The summed E-state index contributed by atoms with van der Waals surface area (Å²) < 4.78 is 48.3. The molecule has 2 aromatic rings. The highest BCUT2D eigenvalue weighted by atomic mass is 19.2. The topological polar surface area (TPSA) is 9.23 Å². The lowest BCUT2D eigenvalue weighted by Gasteiger charge is -2.26. The summed E-state index contributed by atoms with van der Waals surface area (Å²) >= 11 is 0. The van der Waals surface area contributed by atoms with E-state index in [-0.39, 0.29) is 23.4 Å². The van der Waals surface area contributed by atoms with Gasteiger partial charge in [0.2, 0.25) is 5.82 Å². The summed E-state index contributed by atoms with van der Waals surface area (Å²) in [5.41, 5.74) is 1.67. The van der Waals surface area contributed by atoms with Crippen LogP contribution in [-0.2, 0) is 0 Å². The summed E-state index contributed by atoms with van der Waals surface area (Å²) in [6, 6.07) is 8.18. The van der Waals surface area contributed by atoms with Crippen LogP contribution in [0.1, 0.15) is 61.1 Å². The van der Waals surface area contributed by atoms with Crippen LogP contribution in [0, 0.1) is 42.1 Å². The fourth-order valence-corrected chi connectivity index (χ4v) is 3.83. The quantitative estimate of drug-likeness (QED) is 0.280. The van der Waals surface area contributed by atoms with Crippen molar-refractivity contribution in [2.45, 2.75) is 51.4 Å². The van der Waals surface area contributed by atoms with Crippen LogP contribution < -0.4 is 4.74 Å². The van der Waals surface area contributed by atoms with Gasteiger partial charge in [-0.1, -0.05) is 30.0 Å². The molecule has 2 aromatic carbocycles. The summed E-state index contributed by atoms with van der Waals surface area (Å²) in [4.78, 5) is 0. The fourth-order valence-electron chi connectivity index (χ4n) is 3.83. The van der Waals surface area contributed by atoms with Gasteiger partial charge in [0.25, 0.3) is 0 Å². The predicted molar refractivity (Wildman–Crippen MR) is 114 cm³/mol. The minimum absolute atomic E-state index is 0.0384. The highest BCUT2D eigenvalue weighted by Gasteiger charge is 2.26. The van der Waals surface area contributed by atoms with Crippen molar-refractivity contribution in [3.63, 3.8) is 0 Å². The van der Waals surface area contributed by atoms with E-state index in [1.165, 1.54) is 12.1 Å². The van der Waals surface area contributed by atoms with E-state index in [1.54, 1.807) is 18.2 Å². The van der Waals surface area contributed by atoms with Crippen molar-refractivity contribution >= 4 is 0 Å². The van der Waals surface area contributed by atoms with Gasteiger partial charge in [0.15, 0.2) is 11.6 Å². The van der Waals surface area contributed by atoms with Crippen LogP contribution in [0.15, 0.2) is 43.0 Å². The first-order valence-corrected chi connectivity index (χ1v) is 10.5. The Morgan fingerprint density at radius 3 is 2.53 bits per heavy atom. The molecule has 1 nitrogen and oxygen atoms in total. The number of halogens is 3. The van der Waals surface area contributed by atoms with Crippen LogP contribution >= 0.6 is 0 Å². The maximum Gasteiger partial charge on any atom is 0.200 e. The number of hydrogen-bond donors (Lipinski definition) is 0. The SMILES string of the molecule is C=CCCCOc1ccc(C2CCC(C#Cc3ccc(C)cc3F)CC2)c(F)c1F.